The Morgan fingerprint density at radius 2 is 1.61 bits per heavy atom. The number of fused-ring (bicyclic) bond motifs is 1. The van der Waals surface area contributed by atoms with Gasteiger partial charge in [0, 0.05) is 34.6 Å². The van der Waals surface area contributed by atoms with Crippen LogP contribution in [-0.2, 0) is 6.54 Å². The highest BCUT2D eigenvalue weighted by atomic mass is 16.2. The molecule has 3 nitrogen and oxygen atoms in total. The Bertz CT molecular complexity index is 1080. The number of hydrogen-bond acceptors (Lipinski definition) is 2. The van der Waals surface area contributed by atoms with Crippen molar-refractivity contribution in [2.45, 2.75) is 13.5 Å². The molecule has 1 heterocycles. The maximum absolute atomic E-state index is 12.1. The summed E-state index contributed by atoms with van der Waals surface area (Å²) in [4.78, 5) is 23.5. The molecule has 0 bridgehead atoms. The van der Waals surface area contributed by atoms with Gasteiger partial charge in [-0.1, -0.05) is 48.5 Å². The van der Waals surface area contributed by atoms with Gasteiger partial charge in [0.2, 0.25) is 10.9 Å². The number of aromatic nitrogens is 1. The first-order chi connectivity index (χ1) is 11.2. The van der Waals surface area contributed by atoms with Crippen LogP contribution in [0.2, 0.25) is 0 Å². The van der Waals surface area contributed by atoms with E-state index < -0.39 is 5.43 Å². The molecule has 0 spiro atoms. The third kappa shape index (κ3) is 1.90. The molecule has 1 aromatic heterocycles. The van der Waals surface area contributed by atoms with E-state index in [1.807, 2.05) is 48.5 Å². The van der Waals surface area contributed by atoms with Gasteiger partial charge < -0.3 is 4.57 Å². The quantitative estimate of drug-likeness (QED) is 0.542. The molecule has 0 aliphatic heterocycles. The molecule has 0 aliphatic rings. The Labute approximate surface area is 133 Å². The van der Waals surface area contributed by atoms with E-state index in [2.05, 4.69) is 17.6 Å². The van der Waals surface area contributed by atoms with Gasteiger partial charge in [-0.3, -0.25) is 9.59 Å². The third-order valence-electron chi connectivity index (χ3n) is 4.35. The van der Waals surface area contributed by atoms with Crippen LogP contribution in [0, 0.1) is 0 Å². The second-order valence-electron chi connectivity index (χ2n) is 5.60. The zero-order valence-corrected chi connectivity index (χ0v) is 12.7. The fourth-order valence-electron chi connectivity index (χ4n) is 3.30. The van der Waals surface area contributed by atoms with Gasteiger partial charge in [0.25, 0.3) is 0 Å². The van der Waals surface area contributed by atoms with E-state index in [0.29, 0.717) is 5.56 Å². The molecule has 0 saturated carbocycles. The fraction of sp³-hybridized carbons (Fsp3) is 0.100. The van der Waals surface area contributed by atoms with E-state index in [1.54, 1.807) is 0 Å². The maximum atomic E-state index is 12.1. The van der Waals surface area contributed by atoms with Gasteiger partial charge in [0.05, 0.1) is 5.69 Å². The minimum atomic E-state index is -0.410. The van der Waals surface area contributed by atoms with Gasteiger partial charge in [-0.15, -0.1) is 0 Å². The summed E-state index contributed by atoms with van der Waals surface area (Å²) in [6, 6.07) is 19.5. The molecular formula is C20H15NO2. The van der Waals surface area contributed by atoms with Crippen molar-refractivity contribution < 1.29 is 0 Å². The number of rotatable bonds is 3. The standard InChI is InChI=1S/C20H15NO2/c1-2-21-16-11-7-6-10-14(16)18(15-12-17(22)20(15)23)19(21)13-8-4-3-5-9-13/h3-12H,2H2,1H3. The lowest BCUT2D eigenvalue weighted by Crippen LogP contribution is -2.30. The molecule has 112 valence electrons. The number of para-hydroxylation sites is 1. The normalized spacial score (nSPS) is 11.3. The largest absolute Gasteiger partial charge is 0.340 e. The van der Waals surface area contributed by atoms with Crippen molar-refractivity contribution in [1.82, 2.24) is 4.57 Å². The second kappa shape index (κ2) is 5.06. The predicted molar refractivity (Wildman–Crippen MR) is 93.4 cm³/mol. The van der Waals surface area contributed by atoms with Gasteiger partial charge in [-0.05, 0) is 18.6 Å². The van der Waals surface area contributed by atoms with Crippen molar-refractivity contribution in [3.8, 4) is 22.4 Å². The van der Waals surface area contributed by atoms with Crippen molar-refractivity contribution in [2.75, 3.05) is 0 Å². The number of hydrogen-bond donors (Lipinski definition) is 0. The van der Waals surface area contributed by atoms with Crippen LogP contribution >= 0.6 is 0 Å². The SMILES string of the molecule is CCn1c(-c2ccccc2)c(-c2cc(=O)c2=O)c2ccccc21. The van der Waals surface area contributed by atoms with Crippen LogP contribution in [0.5, 0.6) is 0 Å². The summed E-state index contributed by atoms with van der Waals surface area (Å²) >= 11 is 0. The zero-order chi connectivity index (χ0) is 16.0. The molecule has 0 aliphatic carbocycles. The van der Waals surface area contributed by atoms with E-state index in [-0.39, 0.29) is 5.43 Å². The lowest BCUT2D eigenvalue weighted by Gasteiger charge is -2.11. The van der Waals surface area contributed by atoms with Crippen molar-refractivity contribution in [3.05, 3.63) is 81.1 Å². The second-order valence-corrected chi connectivity index (χ2v) is 5.60. The van der Waals surface area contributed by atoms with Crippen LogP contribution in [0.4, 0.5) is 0 Å². The summed E-state index contributed by atoms with van der Waals surface area (Å²) in [6.07, 6.45) is 0. The first-order valence-electron chi connectivity index (χ1n) is 7.69. The summed E-state index contributed by atoms with van der Waals surface area (Å²) in [6.45, 7) is 2.88. The highest BCUT2D eigenvalue weighted by Gasteiger charge is 2.23. The average Bonchev–Trinajstić information content (AvgIpc) is 2.93. The molecule has 0 amide bonds. The minimum Gasteiger partial charge on any atom is -0.340 e. The lowest BCUT2D eigenvalue weighted by molar-refractivity contribution is 0.806. The summed E-state index contributed by atoms with van der Waals surface area (Å²) < 4.78 is 2.21. The number of nitrogens with zero attached hydrogens (tertiary/aromatic N) is 1. The topological polar surface area (TPSA) is 39.1 Å². The Balaban J connectivity index is 2.18. The van der Waals surface area contributed by atoms with Gasteiger partial charge in [0.15, 0.2) is 0 Å². The van der Waals surface area contributed by atoms with Crippen LogP contribution in [0.3, 0.4) is 0 Å². The monoisotopic (exact) mass is 301 g/mol. The van der Waals surface area contributed by atoms with Gasteiger partial charge in [-0.25, -0.2) is 0 Å². The molecule has 23 heavy (non-hydrogen) atoms. The van der Waals surface area contributed by atoms with E-state index in [1.165, 1.54) is 6.07 Å². The summed E-state index contributed by atoms with van der Waals surface area (Å²) in [5.74, 6) is 0. The van der Waals surface area contributed by atoms with E-state index in [9.17, 15) is 9.59 Å². The molecule has 3 heteroatoms. The molecule has 0 fully saturated rings. The van der Waals surface area contributed by atoms with Crippen molar-refractivity contribution in [2.24, 2.45) is 0 Å². The molecule has 0 radical (unpaired) electrons. The molecule has 0 saturated heterocycles. The number of aryl methyl sites for hydroxylation is 1. The average molecular weight is 301 g/mol. The van der Waals surface area contributed by atoms with Crippen molar-refractivity contribution >= 4 is 10.9 Å². The summed E-state index contributed by atoms with van der Waals surface area (Å²) in [7, 11) is 0. The maximum Gasteiger partial charge on any atom is 0.233 e. The molecular weight excluding hydrogens is 286 g/mol. The van der Waals surface area contributed by atoms with Gasteiger partial charge in [0.1, 0.15) is 0 Å². The van der Waals surface area contributed by atoms with Crippen molar-refractivity contribution in [3.63, 3.8) is 0 Å². The third-order valence-corrected chi connectivity index (χ3v) is 4.35. The van der Waals surface area contributed by atoms with Crippen LogP contribution in [0.1, 0.15) is 6.92 Å². The first-order valence-corrected chi connectivity index (χ1v) is 7.69. The predicted octanol–water partition coefficient (Wildman–Crippen LogP) is 3.59. The highest BCUT2D eigenvalue weighted by Crippen LogP contribution is 2.39. The van der Waals surface area contributed by atoms with Gasteiger partial charge in [-0.2, -0.15) is 0 Å². The minimum absolute atomic E-state index is 0.388. The Morgan fingerprint density at radius 1 is 0.913 bits per heavy atom. The van der Waals surface area contributed by atoms with E-state index in [4.69, 9.17) is 0 Å². The smallest absolute Gasteiger partial charge is 0.233 e. The molecule has 0 unspecified atom stereocenters. The Kier molecular flexibility index (Phi) is 3.01. The fourth-order valence-corrected chi connectivity index (χ4v) is 3.30. The van der Waals surface area contributed by atoms with Gasteiger partial charge >= 0.3 is 0 Å². The summed E-state index contributed by atoms with van der Waals surface area (Å²) in [5, 5.41) is 1.01. The molecule has 4 aromatic rings. The first kappa shape index (κ1) is 13.7. The Hall–Kier alpha value is -2.94. The molecule has 4 rings (SSSR count). The number of benzene rings is 2. The van der Waals surface area contributed by atoms with Crippen LogP contribution in [0.25, 0.3) is 33.3 Å². The zero-order valence-electron chi connectivity index (χ0n) is 12.7. The van der Waals surface area contributed by atoms with Crippen LogP contribution in [-0.4, -0.2) is 4.57 Å². The van der Waals surface area contributed by atoms with E-state index in [0.717, 1.165) is 34.3 Å². The Morgan fingerprint density at radius 3 is 2.26 bits per heavy atom. The van der Waals surface area contributed by atoms with Crippen molar-refractivity contribution in [1.29, 1.82) is 0 Å². The van der Waals surface area contributed by atoms with E-state index >= 15 is 0 Å². The van der Waals surface area contributed by atoms with Crippen LogP contribution in [0.15, 0.2) is 70.3 Å². The molecule has 0 atom stereocenters. The van der Waals surface area contributed by atoms with Crippen LogP contribution < -0.4 is 10.9 Å². The molecule has 0 N–H and O–H groups in total. The molecule has 3 aromatic carbocycles. The lowest BCUT2D eigenvalue weighted by atomic mass is 9.95. The highest BCUT2D eigenvalue weighted by molar-refractivity contribution is 6.04. The summed E-state index contributed by atoms with van der Waals surface area (Å²) in [5.41, 5.74) is 3.73.